The van der Waals surface area contributed by atoms with Crippen molar-refractivity contribution in [1.29, 1.82) is 0 Å². The molecule has 0 aromatic carbocycles. The van der Waals surface area contributed by atoms with Crippen LogP contribution in [0.3, 0.4) is 0 Å². The topological polar surface area (TPSA) is 29.5 Å². The van der Waals surface area contributed by atoms with Crippen LogP contribution < -0.4 is 0 Å². The maximum Gasteiger partial charge on any atom is 0.0773 e. The Bertz CT molecular complexity index is 79.0. The van der Waals surface area contributed by atoms with Crippen molar-refractivity contribution in [2.24, 2.45) is 0 Å². The molecule has 0 heterocycles. The fourth-order valence-electron chi connectivity index (χ4n) is 0.635. The first-order valence-electron chi connectivity index (χ1n) is 3.11. The van der Waals surface area contributed by atoms with E-state index in [0.717, 1.165) is 0 Å². The van der Waals surface area contributed by atoms with E-state index in [1.54, 1.807) is 7.11 Å². The van der Waals surface area contributed by atoms with Crippen LogP contribution in [-0.2, 0) is 4.74 Å². The molecule has 1 atom stereocenters. The van der Waals surface area contributed by atoms with Crippen molar-refractivity contribution in [3.63, 3.8) is 0 Å². The second kappa shape index (κ2) is 5.79. The summed E-state index contributed by atoms with van der Waals surface area (Å²) >= 11 is 0. The Hall–Kier alpha value is -0.340. The van der Waals surface area contributed by atoms with Crippen LogP contribution >= 0.6 is 0 Å². The standard InChI is InChI=1S/C7H14O2/c1-3-4-7(9-2)5-6-8/h3-4,7-8H,5-6H2,1-2H3/b4-3+. The van der Waals surface area contributed by atoms with Crippen LogP contribution in [0.1, 0.15) is 13.3 Å². The minimum Gasteiger partial charge on any atom is -0.396 e. The molecule has 2 heteroatoms. The number of aliphatic hydroxyl groups is 1. The molecule has 0 spiro atoms. The summed E-state index contributed by atoms with van der Waals surface area (Å²) in [4.78, 5) is 0. The predicted octanol–water partition coefficient (Wildman–Crippen LogP) is 0.960. The van der Waals surface area contributed by atoms with Crippen molar-refractivity contribution in [3.8, 4) is 0 Å². The number of aliphatic hydroxyl groups excluding tert-OH is 1. The first kappa shape index (κ1) is 8.66. The van der Waals surface area contributed by atoms with Gasteiger partial charge in [0.25, 0.3) is 0 Å². The second-order valence-corrected chi connectivity index (χ2v) is 1.81. The van der Waals surface area contributed by atoms with Crippen molar-refractivity contribution >= 4 is 0 Å². The van der Waals surface area contributed by atoms with E-state index in [-0.39, 0.29) is 12.7 Å². The number of hydrogen-bond donors (Lipinski definition) is 1. The Balaban J connectivity index is 3.41. The van der Waals surface area contributed by atoms with Gasteiger partial charge in [-0.25, -0.2) is 0 Å². The Morgan fingerprint density at radius 1 is 1.67 bits per heavy atom. The van der Waals surface area contributed by atoms with E-state index in [1.165, 1.54) is 0 Å². The number of rotatable bonds is 4. The summed E-state index contributed by atoms with van der Waals surface area (Å²) in [5.74, 6) is 0. The van der Waals surface area contributed by atoms with Gasteiger partial charge in [-0.15, -0.1) is 0 Å². The van der Waals surface area contributed by atoms with E-state index in [4.69, 9.17) is 9.84 Å². The Morgan fingerprint density at radius 3 is 2.67 bits per heavy atom. The first-order valence-corrected chi connectivity index (χ1v) is 3.11. The van der Waals surface area contributed by atoms with Crippen LogP contribution in [0.5, 0.6) is 0 Å². The van der Waals surface area contributed by atoms with Gasteiger partial charge in [0.05, 0.1) is 6.10 Å². The molecule has 9 heavy (non-hydrogen) atoms. The van der Waals surface area contributed by atoms with Crippen molar-refractivity contribution in [2.75, 3.05) is 13.7 Å². The molecule has 0 bridgehead atoms. The first-order chi connectivity index (χ1) is 4.35. The molecule has 0 aromatic rings. The highest BCUT2D eigenvalue weighted by molar-refractivity contribution is 4.85. The molecule has 1 unspecified atom stereocenters. The molecule has 0 rings (SSSR count). The van der Waals surface area contributed by atoms with Gasteiger partial charge in [0, 0.05) is 20.1 Å². The van der Waals surface area contributed by atoms with Crippen molar-refractivity contribution in [3.05, 3.63) is 12.2 Å². The average Bonchev–Trinajstić information content (AvgIpc) is 1.88. The van der Waals surface area contributed by atoms with Gasteiger partial charge in [0.2, 0.25) is 0 Å². The number of hydrogen-bond acceptors (Lipinski definition) is 2. The van der Waals surface area contributed by atoms with E-state index in [1.807, 2.05) is 19.1 Å². The van der Waals surface area contributed by atoms with E-state index in [9.17, 15) is 0 Å². The fourth-order valence-corrected chi connectivity index (χ4v) is 0.635. The Labute approximate surface area is 56.1 Å². The Morgan fingerprint density at radius 2 is 2.33 bits per heavy atom. The summed E-state index contributed by atoms with van der Waals surface area (Å²) in [6.07, 6.45) is 4.61. The highest BCUT2D eigenvalue weighted by Gasteiger charge is 1.98. The summed E-state index contributed by atoms with van der Waals surface area (Å²) in [6, 6.07) is 0. The molecule has 0 aliphatic rings. The third-order valence-electron chi connectivity index (χ3n) is 1.12. The molecule has 0 saturated heterocycles. The van der Waals surface area contributed by atoms with Gasteiger partial charge in [-0.1, -0.05) is 12.2 Å². The normalized spacial score (nSPS) is 14.6. The van der Waals surface area contributed by atoms with Gasteiger partial charge in [-0.05, 0) is 6.92 Å². The maximum atomic E-state index is 8.48. The third-order valence-corrected chi connectivity index (χ3v) is 1.12. The lowest BCUT2D eigenvalue weighted by Crippen LogP contribution is -2.08. The van der Waals surface area contributed by atoms with E-state index >= 15 is 0 Å². The summed E-state index contributed by atoms with van der Waals surface area (Å²) in [7, 11) is 1.64. The quantitative estimate of drug-likeness (QED) is 0.574. The maximum absolute atomic E-state index is 8.48. The zero-order chi connectivity index (χ0) is 7.11. The van der Waals surface area contributed by atoms with Crippen molar-refractivity contribution in [1.82, 2.24) is 0 Å². The van der Waals surface area contributed by atoms with Gasteiger partial charge in [-0.3, -0.25) is 0 Å². The van der Waals surface area contributed by atoms with Gasteiger partial charge < -0.3 is 9.84 Å². The molecule has 1 N–H and O–H groups in total. The number of ether oxygens (including phenoxy) is 1. The monoisotopic (exact) mass is 130 g/mol. The molecule has 0 aromatic heterocycles. The van der Waals surface area contributed by atoms with Crippen LogP contribution in [0, 0.1) is 0 Å². The van der Waals surface area contributed by atoms with Crippen LogP contribution in [-0.4, -0.2) is 24.9 Å². The van der Waals surface area contributed by atoms with E-state index in [2.05, 4.69) is 0 Å². The van der Waals surface area contributed by atoms with E-state index < -0.39 is 0 Å². The number of methoxy groups -OCH3 is 1. The summed E-state index contributed by atoms with van der Waals surface area (Å²) < 4.78 is 4.98. The lowest BCUT2D eigenvalue weighted by molar-refractivity contribution is 0.112. The lowest BCUT2D eigenvalue weighted by Gasteiger charge is -2.06. The second-order valence-electron chi connectivity index (χ2n) is 1.81. The van der Waals surface area contributed by atoms with Crippen LogP contribution in [0.15, 0.2) is 12.2 Å². The largest absolute Gasteiger partial charge is 0.396 e. The molecular formula is C7H14O2. The summed E-state index contributed by atoms with van der Waals surface area (Å²) in [5, 5.41) is 8.48. The fraction of sp³-hybridized carbons (Fsp3) is 0.714. The van der Waals surface area contributed by atoms with Gasteiger partial charge >= 0.3 is 0 Å². The average molecular weight is 130 g/mol. The van der Waals surface area contributed by atoms with Crippen molar-refractivity contribution < 1.29 is 9.84 Å². The van der Waals surface area contributed by atoms with E-state index in [0.29, 0.717) is 6.42 Å². The summed E-state index contributed by atoms with van der Waals surface area (Å²) in [6.45, 7) is 2.12. The van der Waals surface area contributed by atoms with Gasteiger partial charge in [0.1, 0.15) is 0 Å². The van der Waals surface area contributed by atoms with Gasteiger partial charge in [0.15, 0.2) is 0 Å². The minimum atomic E-state index is 0.0833. The SMILES string of the molecule is C/C=C/C(CCO)OC. The smallest absolute Gasteiger partial charge is 0.0773 e. The molecule has 0 aliphatic heterocycles. The van der Waals surface area contributed by atoms with Gasteiger partial charge in [-0.2, -0.15) is 0 Å². The molecule has 54 valence electrons. The zero-order valence-corrected chi connectivity index (χ0v) is 6.00. The highest BCUT2D eigenvalue weighted by atomic mass is 16.5. The van der Waals surface area contributed by atoms with Crippen LogP contribution in [0.2, 0.25) is 0 Å². The molecular weight excluding hydrogens is 116 g/mol. The lowest BCUT2D eigenvalue weighted by atomic mass is 10.2. The molecule has 0 saturated carbocycles. The van der Waals surface area contributed by atoms with Crippen LogP contribution in [0.25, 0.3) is 0 Å². The minimum absolute atomic E-state index is 0.0833. The highest BCUT2D eigenvalue weighted by Crippen LogP contribution is 1.96. The van der Waals surface area contributed by atoms with Crippen molar-refractivity contribution in [2.45, 2.75) is 19.4 Å². The third kappa shape index (κ3) is 4.18. The molecule has 0 fully saturated rings. The predicted molar refractivity (Wildman–Crippen MR) is 37.3 cm³/mol. The Kier molecular flexibility index (Phi) is 5.57. The molecule has 0 aliphatic carbocycles. The molecule has 0 amide bonds. The summed E-state index contributed by atoms with van der Waals surface area (Å²) in [5.41, 5.74) is 0. The van der Waals surface area contributed by atoms with Crippen LogP contribution in [0.4, 0.5) is 0 Å². The molecule has 2 nitrogen and oxygen atoms in total. The zero-order valence-electron chi connectivity index (χ0n) is 6.00. The molecule has 0 radical (unpaired) electrons. The number of allylic oxidation sites excluding steroid dienone is 1.